The van der Waals surface area contributed by atoms with Crippen molar-refractivity contribution in [1.29, 1.82) is 0 Å². The first-order valence-electron chi connectivity index (χ1n) is 4.57. The Hall–Kier alpha value is -1.13. The van der Waals surface area contributed by atoms with E-state index in [9.17, 15) is 4.79 Å². The first-order valence-corrected chi connectivity index (χ1v) is 6.33. The predicted octanol–water partition coefficient (Wildman–Crippen LogP) is 3.26. The molecule has 0 fully saturated rings. The quantitative estimate of drug-likeness (QED) is 0.761. The molecule has 78 valence electrons. The summed E-state index contributed by atoms with van der Waals surface area (Å²) in [5, 5.41) is 5.35. The molecule has 2 rings (SSSR count). The number of nitrogens with zero attached hydrogens (tertiary/aromatic N) is 1. The predicted molar refractivity (Wildman–Crippen MR) is 66.1 cm³/mol. The molecule has 4 heteroatoms. The van der Waals surface area contributed by atoms with Gasteiger partial charge in [-0.2, -0.15) is 11.3 Å². The summed E-state index contributed by atoms with van der Waals surface area (Å²) < 4.78 is 0. The van der Waals surface area contributed by atoms with E-state index in [4.69, 9.17) is 0 Å². The maximum Gasteiger partial charge on any atom is 0.160 e. The lowest BCUT2D eigenvalue weighted by atomic mass is 10.3. The summed E-state index contributed by atoms with van der Waals surface area (Å²) in [6.07, 6.45) is 0.895. The van der Waals surface area contributed by atoms with Crippen molar-refractivity contribution in [3.8, 4) is 0 Å². The number of aldehydes is 1. The van der Waals surface area contributed by atoms with Gasteiger partial charge in [-0.15, -0.1) is 11.3 Å². The zero-order valence-electron chi connectivity index (χ0n) is 8.34. The summed E-state index contributed by atoms with van der Waals surface area (Å²) in [5.41, 5.74) is 1.31. The molecular formula is C11H11NOS2. The zero-order valence-corrected chi connectivity index (χ0v) is 9.98. The largest absolute Gasteiger partial charge is 0.362 e. The van der Waals surface area contributed by atoms with Gasteiger partial charge in [0.15, 0.2) is 6.29 Å². The average molecular weight is 237 g/mol. The lowest BCUT2D eigenvalue weighted by Gasteiger charge is -2.15. The molecule has 0 saturated carbocycles. The monoisotopic (exact) mass is 237 g/mol. The van der Waals surface area contributed by atoms with Gasteiger partial charge in [0.25, 0.3) is 0 Å². The minimum atomic E-state index is 0.780. The van der Waals surface area contributed by atoms with Crippen LogP contribution in [0, 0.1) is 0 Å². The van der Waals surface area contributed by atoms with Crippen molar-refractivity contribution in [3.63, 3.8) is 0 Å². The van der Waals surface area contributed by atoms with Crippen molar-refractivity contribution < 1.29 is 4.79 Å². The number of carbonyl (C=O) groups excluding carboxylic acids is 1. The highest BCUT2D eigenvalue weighted by atomic mass is 32.1. The molecule has 0 bridgehead atoms. The van der Waals surface area contributed by atoms with E-state index >= 15 is 0 Å². The molecule has 0 unspecified atom stereocenters. The number of carbonyl (C=O) groups is 1. The molecule has 0 N–H and O–H groups in total. The summed E-state index contributed by atoms with van der Waals surface area (Å²) in [5.74, 6) is 0. The molecule has 0 aliphatic rings. The Labute approximate surface area is 96.8 Å². The van der Waals surface area contributed by atoms with Gasteiger partial charge < -0.3 is 4.90 Å². The minimum absolute atomic E-state index is 0.780. The van der Waals surface area contributed by atoms with E-state index in [2.05, 4.69) is 21.7 Å². The molecule has 2 aromatic heterocycles. The van der Waals surface area contributed by atoms with Crippen LogP contribution in [0.5, 0.6) is 0 Å². The van der Waals surface area contributed by atoms with E-state index in [1.807, 2.05) is 19.2 Å². The van der Waals surface area contributed by atoms with Crippen LogP contribution < -0.4 is 4.90 Å². The van der Waals surface area contributed by atoms with Crippen molar-refractivity contribution in [2.45, 2.75) is 6.54 Å². The molecule has 0 amide bonds. The summed E-state index contributed by atoms with van der Waals surface area (Å²) in [7, 11) is 2.04. The third-order valence-corrected chi connectivity index (χ3v) is 3.96. The average Bonchev–Trinajstić information content (AvgIpc) is 2.86. The normalized spacial score (nSPS) is 10.2. The molecular weight excluding hydrogens is 226 g/mol. The van der Waals surface area contributed by atoms with E-state index in [1.165, 1.54) is 16.9 Å². The number of rotatable bonds is 4. The maximum absolute atomic E-state index is 10.6. The van der Waals surface area contributed by atoms with E-state index in [1.54, 1.807) is 11.3 Å². The Kier molecular flexibility index (Phi) is 3.18. The smallest absolute Gasteiger partial charge is 0.160 e. The van der Waals surface area contributed by atoms with Crippen molar-refractivity contribution in [3.05, 3.63) is 39.4 Å². The standard InChI is InChI=1S/C11H11NOS2/c1-12(6-9-4-5-14-8-9)11-3-2-10(7-13)15-11/h2-5,7-8H,6H2,1H3. The van der Waals surface area contributed by atoms with Crippen molar-refractivity contribution >= 4 is 34.0 Å². The van der Waals surface area contributed by atoms with Gasteiger partial charge in [0, 0.05) is 13.6 Å². The van der Waals surface area contributed by atoms with Crippen molar-refractivity contribution in [1.82, 2.24) is 0 Å². The first kappa shape index (κ1) is 10.4. The van der Waals surface area contributed by atoms with Crippen molar-refractivity contribution in [2.75, 3.05) is 11.9 Å². The lowest BCUT2D eigenvalue weighted by Crippen LogP contribution is -2.14. The topological polar surface area (TPSA) is 20.3 Å². The second-order valence-electron chi connectivity index (χ2n) is 3.28. The molecule has 0 aliphatic heterocycles. The Morgan fingerprint density at radius 1 is 1.40 bits per heavy atom. The van der Waals surface area contributed by atoms with Gasteiger partial charge in [-0.1, -0.05) is 0 Å². The maximum atomic E-state index is 10.6. The van der Waals surface area contributed by atoms with Crippen LogP contribution in [0.15, 0.2) is 29.0 Å². The number of hydrogen-bond acceptors (Lipinski definition) is 4. The van der Waals surface area contributed by atoms with E-state index in [-0.39, 0.29) is 0 Å². The molecule has 0 saturated heterocycles. The van der Waals surface area contributed by atoms with E-state index in [0.717, 1.165) is 22.7 Å². The molecule has 2 nitrogen and oxygen atoms in total. The Morgan fingerprint density at radius 2 is 2.27 bits per heavy atom. The van der Waals surface area contributed by atoms with Gasteiger partial charge >= 0.3 is 0 Å². The van der Waals surface area contributed by atoms with Gasteiger partial charge in [0.2, 0.25) is 0 Å². The summed E-state index contributed by atoms with van der Waals surface area (Å²) in [6, 6.07) is 5.97. The van der Waals surface area contributed by atoms with E-state index < -0.39 is 0 Å². The fourth-order valence-corrected chi connectivity index (χ4v) is 2.79. The van der Waals surface area contributed by atoms with Crippen molar-refractivity contribution in [2.24, 2.45) is 0 Å². The Bertz CT molecular complexity index is 433. The summed E-state index contributed by atoms with van der Waals surface area (Å²) in [6.45, 7) is 0.891. The molecule has 0 atom stereocenters. The fourth-order valence-electron chi connectivity index (χ4n) is 1.35. The first-order chi connectivity index (χ1) is 7.29. The number of anilines is 1. The summed E-state index contributed by atoms with van der Waals surface area (Å²) in [4.78, 5) is 13.5. The van der Waals surface area contributed by atoms with Crippen LogP contribution in [0.2, 0.25) is 0 Å². The summed E-state index contributed by atoms with van der Waals surface area (Å²) >= 11 is 3.23. The number of thiophene rings is 2. The third kappa shape index (κ3) is 2.46. The molecule has 0 radical (unpaired) electrons. The second-order valence-corrected chi connectivity index (χ2v) is 5.16. The molecule has 0 aliphatic carbocycles. The minimum Gasteiger partial charge on any atom is -0.362 e. The van der Waals surface area contributed by atoms with Crippen LogP contribution in [-0.4, -0.2) is 13.3 Å². The van der Waals surface area contributed by atoms with Gasteiger partial charge in [-0.25, -0.2) is 0 Å². The second kappa shape index (κ2) is 4.59. The van der Waals surface area contributed by atoms with Crippen LogP contribution >= 0.6 is 22.7 Å². The van der Waals surface area contributed by atoms with Gasteiger partial charge in [-0.05, 0) is 34.5 Å². The number of hydrogen-bond donors (Lipinski definition) is 0. The van der Waals surface area contributed by atoms with Gasteiger partial charge in [0.1, 0.15) is 0 Å². The highest BCUT2D eigenvalue weighted by molar-refractivity contribution is 7.17. The molecule has 15 heavy (non-hydrogen) atoms. The van der Waals surface area contributed by atoms with Crippen LogP contribution in [0.25, 0.3) is 0 Å². The fraction of sp³-hybridized carbons (Fsp3) is 0.182. The molecule has 2 heterocycles. The molecule has 2 aromatic rings. The molecule has 0 spiro atoms. The molecule has 0 aromatic carbocycles. The van der Waals surface area contributed by atoms with Crippen LogP contribution in [0.4, 0.5) is 5.00 Å². The highest BCUT2D eigenvalue weighted by Crippen LogP contribution is 2.25. The van der Waals surface area contributed by atoms with Gasteiger partial charge in [-0.3, -0.25) is 4.79 Å². The highest BCUT2D eigenvalue weighted by Gasteiger charge is 2.05. The van der Waals surface area contributed by atoms with Crippen LogP contribution in [-0.2, 0) is 6.54 Å². The van der Waals surface area contributed by atoms with Gasteiger partial charge in [0.05, 0.1) is 9.88 Å². The van der Waals surface area contributed by atoms with E-state index in [0.29, 0.717) is 0 Å². The lowest BCUT2D eigenvalue weighted by molar-refractivity contribution is 0.112. The van der Waals surface area contributed by atoms with Crippen LogP contribution in [0.1, 0.15) is 15.2 Å². The third-order valence-electron chi connectivity index (χ3n) is 2.10. The Balaban J connectivity index is 2.07. The Morgan fingerprint density at radius 3 is 2.87 bits per heavy atom. The zero-order chi connectivity index (χ0) is 10.7. The van der Waals surface area contributed by atoms with Crippen LogP contribution in [0.3, 0.4) is 0 Å². The SMILES string of the molecule is CN(Cc1ccsc1)c1ccc(C=O)s1.